The van der Waals surface area contributed by atoms with Gasteiger partial charge in [-0.15, -0.1) is 10.2 Å². The molecular formula is C5H7F2N3O. The van der Waals surface area contributed by atoms with Crippen molar-refractivity contribution in [1.29, 1.82) is 0 Å². The fraction of sp³-hybridized carbons (Fsp3) is 0.600. The lowest BCUT2D eigenvalue weighted by Crippen LogP contribution is -2.04. The van der Waals surface area contributed by atoms with Gasteiger partial charge in [-0.2, -0.15) is 8.78 Å². The number of aromatic nitrogens is 2. The zero-order valence-corrected chi connectivity index (χ0v) is 5.84. The molecule has 0 saturated carbocycles. The van der Waals surface area contributed by atoms with Crippen molar-refractivity contribution in [2.75, 3.05) is 7.05 Å². The number of rotatable bonds is 3. The Labute approximate surface area is 61.6 Å². The van der Waals surface area contributed by atoms with Crippen LogP contribution in [0.1, 0.15) is 18.2 Å². The Morgan fingerprint density at radius 2 is 2.27 bits per heavy atom. The van der Waals surface area contributed by atoms with E-state index in [9.17, 15) is 8.78 Å². The first kappa shape index (κ1) is 8.06. The van der Waals surface area contributed by atoms with Crippen molar-refractivity contribution in [3.05, 3.63) is 11.8 Å². The van der Waals surface area contributed by atoms with Crippen LogP contribution in [0.4, 0.5) is 8.78 Å². The number of alkyl halides is 2. The summed E-state index contributed by atoms with van der Waals surface area (Å²) in [5.41, 5.74) is 0. The third-order valence-corrected chi connectivity index (χ3v) is 0.997. The molecule has 0 unspecified atom stereocenters. The molecule has 0 radical (unpaired) electrons. The lowest BCUT2D eigenvalue weighted by atomic mass is 10.6. The van der Waals surface area contributed by atoms with Crippen LogP contribution in [-0.2, 0) is 6.54 Å². The minimum atomic E-state index is -2.69. The molecule has 0 aliphatic carbocycles. The van der Waals surface area contributed by atoms with E-state index in [1.165, 1.54) is 0 Å². The van der Waals surface area contributed by atoms with Crippen LogP contribution in [-0.4, -0.2) is 17.2 Å². The van der Waals surface area contributed by atoms with Gasteiger partial charge in [-0.05, 0) is 7.05 Å². The Morgan fingerprint density at radius 1 is 1.55 bits per heavy atom. The molecule has 1 aromatic rings. The van der Waals surface area contributed by atoms with Gasteiger partial charge in [0.2, 0.25) is 5.89 Å². The highest BCUT2D eigenvalue weighted by molar-refractivity contribution is 4.81. The summed E-state index contributed by atoms with van der Waals surface area (Å²) in [6.45, 7) is 0.305. The van der Waals surface area contributed by atoms with Gasteiger partial charge < -0.3 is 9.73 Å². The molecule has 0 amide bonds. The number of hydrogen-bond acceptors (Lipinski definition) is 4. The van der Waals surface area contributed by atoms with Gasteiger partial charge in [0, 0.05) is 0 Å². The van der Waals surface area contributed by atoms with Crippen molar-refractivity contribution >= 4 is 0 Å². The quantitative estimate of drug-likeness (QED) is 0.713. The average molecular weight is 163 g/mol. The molecule has 1 aromatic heterocycles. The van der Waals surface area contributed by atoms with Crippen LogP contribution in [0, 0.1) is 0 Å². The molecule has 0 saturated heterocycles. The van der Waals surface area contributed by atoms with Crippen LogP contribution in [0.15, 0.2) is 4.42 Å². The van der Waals surface area contributed by atoms with Gasteiger partial charge in [-0.1, -0.05) is 0 Å². The zero-order valence-electron chi connectivity index (χ0n) is 5.84. The minimum Gasteiger partial charge on any atom is -0.418 e. The molecule has 1 heterocycles. The summed E-state index contributed by atoms with van der Waals surface area (Å²) in [7, 11) is 1.66. The molecule has 0 aliphatic heterocycles. The normalized spacial score (nSPS) is 10.9. The Morgan fingerprint density at radius 3 is 2.73 bits per heavy atom. The Bertz CT molecular complexity index is 225. The predicted octanol–water partition coefficient (Wildman–Crippen LogP) is 0.727. The topological polar surface area (TPSA) is 51.0 Å². The van der Waals surface area contributed by atoms with Gasteiger partial charge in [0.15, 0.2) is 0 Å². The summed E-state index contributed by atoms with van der Waals surface area (Å²) in [4.78, 5) is 0. The number of nitrogens with one attached hydrogen (secondary N) is 1. The van der Waals surface area contributed by atoms with Crippen LogP contribution < -0.4 is 5.32 Å². The van der Waals surface area contributed by atoms with Crippen molar-refractivity contribution in [3.63, 3.8) is 0 Å². The smallest absolute Gasteiger partial charge is 0.314 e. The summed E-state index contributed by atoms with van der Waals surface area (Å²) in [5.74, 6) is -0.460. The van der Waals surface area contributed by atoms with Crippen LogP contribution >= 0.6 is 0 Å². The summed E-state index contributed by atoms with van der Waals surface area (Å²) in [6.07, 6.45) is -2.69. The maximum Gasteiger partial charge on any atom is 0.314 e. The average Bonchev–Trinajstić information content (AvgIpc) is 2.37. The molecule has 0 fully saturated rings. The van der Waals surface area contributed by atoms with E-state index in [1.54, 1.807) is 7.05 Å². The predicted molar refractivity (Wildman–Crippen MR) is 32.0 cm³/mol. The second-order valence-corrected chi connectivity index (χ2v) is 1.87. The third-order valence-electron chi connectivity index (χ3n) is 0.997. The Balaban J connectivity index is 2.66. The first-order chi connectivity index (χ1) is 5.24. The van der Waals surface area contributed by atoms with E-state index < -0.39 is 12.3 Å². The molecule has 62 valence electrons. The van der Waals surface area contributed by atoms with Crippen molar-refractivity contribution < 1.29 is 13.2 Å². The van der Waals surface area contributed by atoms with Crippen LogP contribution in [0.3, 0.4) is 0 Å². The lowest BCUT2D eigenvalue weighted by molar-refractivity contribution is 0.113. The zero-order chi connectivity index (χ0) is 8.27. The van der Waals surface area contributed by atoms with Gasteiger partial charge in [0.05, 0.1) is 6.54 Å². The van der Waals surface area contributed by atoms with Crippen molar-refractivity contribution in [1.82, 2.24) is 15.5 Å². The molecule has 0 aliphatic rings. The number of nitrogens with zero attached hydrogens (tertiary/aromatic N) is 2. The van der Waals surface area contributed by atoms with Crippen molar-refractivity contribution in [2.24, 2.45) is 0 Å². The van der Waals surface area contributed by atoms with Gasteiger partial charge >= 0.3 is 6.43 Å². The van der Waals surface area contributed by atoms with Gasteiger partial charge in [0.1, 0.15) is 0 Å². The van der Waals surface area contributed by atoms with E-state index in [1.807, 2.05) is 0 Å². The van der Waals surface area contributed by atoms with Gasteiger partial charge in [0.25, 0.3) is 5.89 Å². The monoisotopic (exact) mass is 163 g/mol. The third kappa shape index (κ3) is 1.94. The number of halogens is 2. The molecular weight excluding hydrogens is 156 g/mol. The molecule has 0 spiro atoms. The van der Waals surface area contributed by atoms with Crippen LogP contribution in [0.25, 0.3) is 0 Å². The first-order valence-corrected chi connectivity index (χ1v) is 2.99. The minimum absolute atomic E-state index is 0.169. The van der Waals surface area contributed by atoms with E-state index in [-0.39, 0.29) is 5.89 Å². The summed E-state index contributed by atoms with van der Waals surface area (Å²) in [5, 5.41) is 9.19. The fourth-order valence-corrected chi connectivity index (χ4v) is 0.577. The molecule has 1 rings (SSSR count). The highest BCUT2D eigenvalue weighted by Gasteiger charge is 2.14. The Hall–Kier alpha value is -1.04. The van der Waals surface area contributed by atoms with Gasteiger partial charge in [-0.3, -0.25) is 0 Å². The number of hydrogen-bond donors (Lipinski definition) is 1. The first-order valence-electron chi connectivity index (χ1n) is 2.99. The maximum atomic E-state index is 11.8. The fourth-order valence-electron chi connectivity index (χ4n) is 0.577. The second kappa shape index (κ2) is 3.38. The molecule has 0 atom stereocenters. The standard InChI is InChI=1S/C5H7F2N3O/c1-8-2-3-9-10-5(11-3)4(6)7/h4,8H,2H2,1H3. The van der Waals surface area contributed by atoms with Crippen LogP contribution in [0.5, 0.6) is 0 Å². The lowest BCUT2D eigenvalue weighted by Gasteiger charge is -1.89. The Kier molecular flexibility index (Phi) is 2.48. The molecule has 11 heavy (non-hydrogen) atoms. The molecule has 1 N–H and O–H groups in total. The maximum absolute atomic E-state index is 11.8. The molecule has 0 aromatic carbocycles. The molecule has 4 nitrogen and oxygen atoms in total. The molecule has 0 bridgehead atoms. The van der Waals surface area contributed by atoms with E-state index >= 15 is 0 Å². The summed E-state index contributed by atoms with van der Waals surface area (Å²) >= 11 is 0. The molecule has 6 heteroatoms. The van der Waals surface area contributed by atoms with Crippen molar-refractivity contribution in [2.45, 2.75) is 13.0 Å². The second-order valence-electron chi connectivity index (χ2n) is 1.87. The van der Waals surface area contributed by atoms with Crippen molar-refractivity contribution in [3.8, 4) is 0 Å². The highest BCUT2D eigenvalue weighted by atomic mass is 19.3. The van der Waals surface area contributed by atoms with E-state index in [0.29, 0.717) is 6.54 Å². The van der Waals surface area contributed by atoms with Gasteiger partial charge in [-0.25, -0.2) is 0 Å². The highest BCUT2D eigenvalue weighted by Crippen LogP contribution is 2.15. The SMILES string of the molecule is CNCc1nnc(C(F)F)o1. The summed E-state index contributed by atoms with van der Waals surface area (Å²) < 4.78 is 28.2. The van der Waals surface area contributed by atoms with Crippen LogP contribution in [0.2, 0.25) is 0 Å². The van der Waals surface area contributed by atoms with E-state index in [0.717, 1.165) is 0 Å². The largest absolute Gasteiger partial charge is 0.418 e. The van der Waals surface area contributed by atoms with E-state index in [2.05, 4.69) is 19.9 Å². The van der Waals surface area contributed by atoms with E-state index in [4.69, 9.17) is 0 Å². The summed E-state index contributed by atoms with van der Waals surface area (Å²) in [6, 6.07) is 0.